The number of esters is 1. The third-order valence-corrected chi connectivity index (χ3v) is 6.44. The van der Waals surface area contributed by atoms with Crippen molar-refractivity contribution in [3.8, 4) is 11.5 Å². The Bertz CT molecular complexity index is 1160. The Morgan fingerprint density at radius 3 is 2.15 bits per heavy atom. The number of nitrogens with one attached hydrogen (secondary N) is 1. The van der Waals surface area contributed by atoms with Crippen LogP contribution in [0, 0.1) is 5.41 Å². The highest BCUT2D eigenvalue weighted by Crippen LogP contribution is 2.47. The van der Waals surface area contributed by atoms with Gasteiger partial charge in [-0.1, -0.05) is 38.1 Å². The third kappa shape index (κ3) is 4.72. The zero-order valence-electron chi connectivity index (χ0n) is 20.4. The first-order valence-corrected chi connectivity index (χ1v) is 11.4. The highest BCUT2D eigenvalue weighted by Gasteiger charge is 2.43. The minimum Gasteiger partial charge on any atom is -0.497 e. The molecule has 1 atom stereocenters. The fourth-order valence-electron chi connectivity index (χ4n) is 4.78. The summed E-state index contributed by atoms with van der Waals surface area (Å²) < 4.78 is 16.2. The number of benzene rings is 2. The Morgan fingerprint density at radius 2 is 1.56 bits per heavy atom. The molecule has 1 aliphatic heterocycles. The van der Waals surface area contributed by atoms with Crippen molar-refractivity contribution in [3.05, 3.63) is 82.2 Å². The summed E-state index contributed by atoms with van der Waals surface area (Å²) >= 11 is 0. The van der Waals surface area contributed by atoms with E-state index >= 15 is 0 Å². The fraction of sp³-hybridized carbons (Fsp3) is 0.357. The zero-order chi connectivity index (χ0) is 24.5. The molecule has 0 radical (unpaired) electrons. The normalized spacial score (nSPS) is 19.3. The van der Waals surface area contributed by atoms with E-state index in [0.717, 1.165) is 29.0 Å². The molecule has 34 heavy (non-hydrogen) atoms. The van der Waals surface area contributed by atoms with Gasteiger partial charge in [0.1, 0.15) is 18.1 Å². The molecule has 0 saturated heterocycles. The first-order chi connectivity index (χ1) is 16.2. The van der Waals surface area contributed by atoms with E-state index in [4.69, 9.17) is 14.2 Å². The molecule has 0 fully saturated rings. The molecule has 0 saturated carbocycles. The molecule has 178 valence electrons. The first kappa shape index (κ1) is 23.6. The SMILES string of the molecule is COc1ccc(COC(=O)C2=C(C)NC3=C(C(=O)CC(C)(C)C3)[C@@H]2c2ccc(OC)cc2)cc1. The number of ether oxygens (including phenoxy) is 3. The summed E-state index contributed by atoms with van der Waals surface area (Å²) in [6, 6.07) is 14.9. The number of carbonyl (C=O) groups excluding carboxylic acids is 2. The highest BCUT2D eigenvalue weighted by molar-refractivity contribution is 6.04. The summed E-state index contributed by atoms with van der Waals surface area (Å²) in [6.45, 7) is 6.19. The molecule has 1 N–H and O–H groups in total. The van der Waals surface area contributed by atoms with Crippen LogP contribution in [0.5, 0.6) is 11.5 Å². The second-order valence-electron chi connectivity index (χ2n) is 9.63. The van der Waals surface area contributed by atoms with Gasteiger partial charge in [-0.25, -0.2) is 4.79 Å². The van der Waals surface area contributed by atoms with Crippen molar-refractivity contribution in [1.82, 2.24) is 5.32 Å². The van der Waals surface area contributed by atoms with Gasteiger partial charge in [0.25, 0.3) is 0 Å². The monoisotopic (exact) mass is 461 g/mol. The predicted octanol–water partition coefficient (Wildman–Crippen LogP) is 5.05. The van der Waals surface area contributed by atoms with Crippen molar-refractivity contribution in [2.45, 2.75) is 46.1 Å². The number of allylic oxidation sites excluding steroid dienone is 3. The van der Waals surface area contributed by atoms with Crippen LogP contribution < -0.4 is 14.8 Å². The van der Waals surface area contributed by atoms with Crippen molar-refractivity contribution in [3.63, 3.8) is 0 Å². The molecule has 6 heteroatoms. The van der Waals surface area contributed by atoms with Gasteiger partial charge in [-0.2, -0.15) is 0 Å². The molecular formula is C28H31NO5. The molecule has 2 aliphatic rings. The van der Waals surface area contributed by atoms with Crippen molar-refractivity contribution in [2.24, 2.45) is 5.41 Å². The lowest BCUT2D eigenvalue weighted by Crippen LogP contribution is -2.38. The highest BCUT2D eigenvalue weighted by atomic mass is 16.5. The number of methoxy groups -OCH3 is 2. The van der Waals surface area contributed by atoms with Crippen LogP contribution >= 0.6 is 0 Å². The van der Waals surface area contributed by atoms with Crippen LogP contribution in [0.25, 0.3) is 0 Å². The van der Waals surface area contributed by atoms with Crippen LogP contribution in [-0.2, 0) is 20.9 Å². The molecule has 1 aliphatic carbocycles. The quantitative estimate of drug-likeness (QED) is 0.607. The van der Waals surface area contributed by atoms with Crippen LogP contribution in [-0.4, -0.2) is 26.0 Å². The molecule has 2 aromatic rings. The molecule has 1 heterocycles. The minimum atomic E-state index is -0.492. The number of rotatable bonds is 6. The molecule has 0 aromatic heterocycles. The van der Waals surface area contributed by atoms with E-state index in [1.165, 1.54) is 0 Å². The second kappa shape index (κ2) is 9.37. The van der Waals surface area contributed by atoms with E-state index in [9.17, 15) is 9.59 Å². The molecular weight excluding hydrogens is 430 g/mol. The summed E-state index contributed by atoms with van der Waals surface area (Å²) in [6.07, 6.45) is 1.18. The maximum Gasteiger partial charge on any atom is 0.337 e. The summed E-state index contributed by atoms with van der Waals surface area (Å²) in [7, 11) is 3.22. The second-order valence-corrected chi connectivity index (χ2v) is 9.63. The number of hydrogen-bond acceptors (Lipinski definition) is 6. The lowest BCUT2D eigenvalue weighted by atomic mass is 9.68. The van der Waals surface area contributed by atoms with Gasteiger partial charge in [-0.3, -0.25) is 4.79 Å². The Morgan fingerprint density at radius 1 is 0.971 bits per heavy atom. The smallest absolute Gasteiger partial charge is 0.337 e. The van der Waals surface area contributed by atoms with E-state index in [0.29, 0.717) is 29.0 Å². The van der Waals surface area contributed by atoms with Crippen molar-refractivity contribution >= 4 is 11.8 Å². The molecule has 6 nitrogen and oxygen atoms in total. The summed E-state index contributed by atoms with van der Waals surface area (Å²) in [5.74, 6) is 0.586. The minimum absolute atomic E-state index is 0.0625. The van der Waals surface area contributed by atoms with E-state index < -0.39 is 11.9 Å². The molecule has 0 bridgehead atoms. The Kier molecular flexibility index (Phi) is 6.51. The van der Waals surface area contributed by atoms with Crippen LogP contribution in [0.4, 0.5) is 0 Å². The average molecular weight is 462 g/mol. The van der Waals surface area contributed by atoms with Gasteiger partial charge in [0.15, 0.2) is 5.78 Å². The summed E-state index contributed by atoms with van der Waals surface area (Å²) in [5.41, 5.74) is 4.30. The fourth-order valence-corrected chi connectivity index (χ4v) is 4.78. The number of dihydropyridines is 1. The Labute approximate surface area is 200 Å². The van der Waals surface area contributed by atoms with Gasteiger partial charge in [-0.05, 0) is 54.2 Å². The maximum atomic E-state index is 13.4. The first-order valence-electron chi connectivity index (χ1n) is 11.4. The standard InChI is InChI=1S/C28H31NO5/c1-17-24(27(31)34-16-18-6-10-20(32-4)11-7-18)25(19-8-12-21(33-5)13-9-19)26-22(29-17)14-28(2,3)15-23(26)30/h6-13,25,29H,14-16H2,1-5H3/t25-/m1/s1. The number of hydrogen-bond donors (Lipinski definition) is 1. The molecule has 0 unspecified atom stereocenters. The molecule has 4 rings (SSSR count). The maximum absolute atomic E-state index is 13.4. The van der Waals surface area contributed by atoms with Gasteiger partial charge >= 0.3 is 5.97 Å². The summed E-state index contributed by atoms with van der Waals surface area (Å²) in [5, 5.41) is 3.37. The number of ketones is 1. The van der Waals surface area contributed by atoms with E-state index in [1.54, 1.807) is 14.2 Å². The molecule has 2 aromatic carbocycles. The van der Waals surface area contributed by atoms with Crippen molar-refractivity contribution in [1.29, 1.82) is 0 Å². The van der Waals surface area contributed by atoms with Crippen molar-refractivity contribution in [2.75, 3.05) is 14.2 Å². The summed E-state index contributed by atoms with van der Waals surface area (Å²) in [4.78, 5) is 26.8. The van der Waals surface area contributed by atoms with E-state index in [2.05, 4.69) is 19.2 Å². The van der Waals surface area contributed by atoms with Crippen LogP contribution in [0.15, 0.2) is 71.1 Å². The van der Waals surface area contributed by atoms with E-state index in [-0.39, 0.29) is 17.8 Å². The van der Waals surface area contributed by atoms with Gasteiger partial charge in [-0.15, -0.1) is 0 Å². The van der Waals surface area contributed by atoms with Gasteiger partial charge in [0, 0.05) is 29.3 Å². The van der Waals surface area contributed by atoms with Crippen molar-refractivity contribution < 1.29 is 23.8 Å². The van der Waals surface area contributed by atoms with Crippen LogP contribution in [0.2, 0.25) is 0 Å². The van der Waals surface area contributed by atoms with Crippen LogP contribution in [0.1, 0.15) is 50.7 Å². The van der Waals surface area contributed by atoms with Gasteiger partial charge in [0.05, 0.1) is 19.8 Å². The molecule has 0 spiro atoms. The van der Waals surface area contributed by atoms with Gasteiger partial charge in [0.2, 0.25) is 0 Å². The van der Waals surface area contributed by atoms with Gasteiger partial charge < -0.3 is 19.5 Å². The van der Waals surface area contributed by atoms with Crippen LogP contribution in [0.3, 0.4) is 0 Å². The Balaban J connectivity index is 1.68. The molecule has 0 amide bonds. The lowest BCUT2D eigenvalue weighted by molar-refractivity contribution is -0.140. The van der Waals surface area contributed by atoms with E-state index in [1.807, 2.05) is 55.5 Å². The zero-order valence-corrected chi connectivity index (χ0v) is 20.4. The number of Topliss-reactive ketones (excluding diaryl/α,β-unsaturated/α-hetero) is 1. The predicted molar refractivity (Wildman–Crippen MR) is 129 cm³/mol. The Hall–Kier alpha value is -3.54. The topological polar surface area (TPSA) is 73.9 Å². The number of carbonyl (C=O) groups is 2. The average Bonchev–Trinajstić information content (AvgIpc) is 2.81. The third-order valence-electron chi connectivity index (χ3n) is 6.44. The largest absolute Gasteiger partial charge is 0.497 e. The lowest BCUT2D eigenvalue weighted by Gasteiger charge is -2.39.